The average molecular weight is 264 g/mol. The van der Waals surface area contributed by atoms with Crippen LogP contribution in [-0.4, -0.2) is 20.4 Å². The maximum Gasteiger partial charge on any atom is 0.271 e. The van der Waals surface area contributed by atoms with Crippen molar-refractivity contribution < 1.29 is 4.79 Å². The number of hydrogen-bond donors (Lipinski definition) is 1. The molecule has 1 atom stereocenters. The molecule has 0 aromatic carbocycles. The average Bonchev–Trinajstić information content (AvgIpc) is 2.96. The Morgan fingerprint density at radius 1 is 1.44 bits per heavy atom. The largest absolute Gasteiger partial charge is 0.340 e. The Hall–Kier alpha value is -1.69. The van der Waals surface area contributed by atoms with Crippen molar-refractivity contribution in [1.82, 2.24) is 19.9 Å². The second kappa shape index (κ2) is 5.30. The number of nitrogens with one attached hydrogen (secondary N) is 1. The van der Waals surface area contributed by atoms with Crippen molar-refractivity contribution in [1.29, 1.82) is 0 Å². The first-order valence-electron chi connectivity index (χ1n) is 5.76. The van der Waals surface area contributed by atoms with Crippen molar-refractivity contribution in [3.05, 3.63) is 34.8 Å². The van der Waals surface area contributed by atoms with Crippen molar-refractivity contribution in [2.45, 2.75) is 19.9 Å². The zero-order valence-electron chi connectivity index (χ0n) is 10.6. The number of carbonyl (C=O) groups excluding carboxylic acids is 1. The molecule has 0 saturated heterocycles. The smallest absolute Gasteiger partial charge is 0.271 e. The zero-order chi connectivity index (χ0) is 13.1. The molecule has 0 aliphatic carbocycles. The lowest BCUT2D eigenvalue weighted by molar-refractivity contribution is 0.0918. The van der Waals surface area contributed by atoms with E-state index >= 15 is 0 Å². The van der Waals surface area contributed by atoms with E-state index < -0.39 is 0 Å². The molecule has 0 bridgehead atoms. The summed E-state index contributed by atoms with van der Waals surface area (Å²) in [6.07, 6.45) is 3.61. The molecule has 0 aliphatic rings. The van der Waals surface area contributed by atoms with E-state index in [-0.39, 0.29) is 17.9 Å². The highest BCUT2D eigenvalue weighted by atomic mass is 32.1. The number of aromatic nitrogens is 3. The third-order valence-corrected chi connectivity index (χ3v) is 3.34. The summed E-state index contributed by atoms with van der Waals surface area (Å²) in [7, 11) is 1.92. The fraction of sp³-hybridized carbons (Fsp3) is 0.417. The minimum Gasteiger partial charge on any atom is -0.340 e. The van der Waals surface area contributed by atoms with Crippen LogP contribution in [0.3, 0.4) is 0 Å². The molecule has 96 valence electrons. The SMILES string of the molecule is CC(C)[C@H](NC(=O)c1cscn1)c1nccn1C. The summed E-state index contributed by atoms with van der Waals surface area (Å²) in [6.45, 7) is 4.11. The summed E-state index contributed by atoms with van der Waals surface area (Å²) in [4.78, 5) is 20.3. The van der Waals surface area contributed by atoms with Crippen LogP contribution in [0.5, 0.6) is 0 Å². The number of aryl methyl sites for hydroxylation is 1. The van der Waals surface area contributed by atoms with Crippen LogP contribution in [0.4, 0.5) is 0 Å². The van der Waals surface area contributed by atoms with Gasteiger partial charge in [0, 0.05) is 24.8 Å². The fourth-order valence-corrected chi connectivity index (χ4v) is 2.28. The Morgan fingerprint density at radius 3 is 2.72 bits per heavy atom. The number of rotatable bonds is 4. The molecular formula is C12H16N4OS. The highest BCUT2D eigenvalue weighted by Crippen LogP contribution is 2.20. The van der Waals surface area contributed by atoms with Gasteiger partial charge in [-0.1, -0.05) is 13.8 Å². The van der Waals surface area contributed by atoms with Gasteiger partial charge in [0.15, 0.2) is 0 Å². The molecule has 0 spiro atoms. The second-order valence-electron chi connectivity index (χ2n) is 4.47. The topological polar surface area (TPSA) is 59.8 Å². The summed E-state index contributed by atoms with van der Waals surface area (Å²) in [5.74, 6) is 0.959. The van der Waals surface area contributed by atoms with Gasteiger partial charge >= 0.3 is 0 Å². The highest BCUT2D eigenvalue weighted by Gasteiger charge is 2.23. The Balaban J connectivity index is 2.18. The van der Waals surface area contributed by atoms with E-state index in [1.54, 1.807) is 17.1 Å². The van der Waals surface area contributed by atoms with Crippen LogP contribution in [0.15, 0.2) is 23.3 Å². The van der Waals surface area contributed by atoms with Crippen LogP contribution in [0.25, 0.3) is 0 Å². The van der Waals surface area contributed by atoms with Crippen molar-refractivity contribution in [3.8, 4) is 0 Å². The van der Waals surface area contributed by atoms with Crippen LogP contribution in [0.1, 0.15) is 36.2 Å². The molecule has 0 unspecified atom stereocenters. The summed E-state index contributed by atoms with van der Waals surface area (Å²) >= 11 is 1.41. The molecule has 1 amide bonds. The molecule has 0 radical (unpaired) electrons. The molecule has 5 nitrogen and oxygen atoms in total. The lowest BCUT2D eigenvalue weighted by Gasteiger charge is -2.21. The van der Waals surface area contributed by atoms with Crippen molar-refractivity contribution in [2.24, 2.45) is 13.0 Å². The van der Waals surface area contributed by atoms with E-state index in [4.69, 9.17) is 0 Å². The monoisotopic (exact) mass is 264 g/mol. The standard InChI is InChI=1S/C12H16N4OS/c1-8(2)10(11-13-4-5-16(11)3)15-12(17)9-6-18-7-14-9/h4-8,10H,1-3H3,(H,15,17)/t10-/m0/s1. The van der Waals surface area contributed by atoms with Crippen molar-refractivity contribution >= 4 is 17.2 Å². The first-order valence-corrected chi connectivity index (χ1v) is 6.70. The van der Waals surface area contributed by atoms with E-state index in [0.29, 0.717) is 5.69 Å². The molecule has 2 heterocycles. The Labute approximate surface area is 110 Å². The van der Waals surface area contributed by atoms with E-state index in [2.05, 4.69) is 29.1 Å². The van der Waals surface area contributed by atoms with E-state index in [0.717, 1.165) is 5.82 Å². The molecule has 0 fully saturated rings. The van der Waals surface area contributed by atoms with E-state index in [1.807, 2.05) is 17.8 Å². The predicted octanol–water partition coefficient (Wildman–Crippen LogP) is 2.00. The number of thiazole rings is 1. The first kappa shape index (κ1) is 12.8. The van der Waals surface area contributed by atoms with Gasteiger partial charge in [-0.25, -0.2) is 9.97 Å². The quantitative estimate of drug-likeness (QED) is 0.919. The van der Waals surface area contributed by atoms with E-state index in [9.17, 15) is 4.79 Å². The van der Waals surface area contributed by atoms with E-state index in [1.165, 1.54) is 11.3 Å². The fourth-order valence-electron chi connectivity index (χ4n) is 1.75. The van der Waals surface area contributed by atoms with Crippen molar-refractivity contribution in [2.75, 3.05) is 0 Å². The second-order valence-corrected chi connectivity index (χ2v) is 5.18. The van der Waals surface area contributed by atoms with Gasteiger partial charge in [0.05, 0.1) is 11.6 Å². The number of imidazole rings is 1. The summed E-state index contributed by atoms with van der Waals surface area (Å²) in [6, 6.07) is -0.112. The number of carbonyl (C=O) groups is 1. The molecule has 2 rings (SSSR count). The predicted molar refractivity (Wildman–Crippen MR) is 70.4 cm³/mol. The van der Waals surface area contributed by atoms with Gasteiger partial charge in [0.1, 0.15) is 11.5 Å². The van der Waals surface area contributed by atoms with Gasteiger partial charge < -0.3 is 9.88 Å². The molecule has 0 saturated carbocycles. The van der Waals surface area contributed by atoms with Crippen LogP contribution >= 0.6 is 11.3 Å². The molecule has 1 N–H and O–H groups in total. The van der Waals surface area contributed by atoms with Gasteiger partial charge in [-0.2, -0.15) is 0 Å². The van der Waals surface area contributed by atoms with Gasteiger partial charge in [-0.05, 0) is 5.92 Å². The van der Waals surface area contributed by atoms with Crippen LogP contribution in [0.2, 0.25) is 0 Å². The number of hydrogen-bond acceptors (Lipinski definition) is 4. The summed E-state index contributed by atoms with van der Waals surface area (Å²) in [5, 5.41) is 4.73. The molecule has 2 aromatic rings. The Morgan fingerprint density at radius 2 is 2.22 bits per heavy atom. The number of amides is 1. The van der Waals surface area contributed by atoms with Crippen LogP contribution in [0, 0.1) is 5.92 Å². The van der Waals surface area contributed by atoms with Crippen molar-refractivity contribution in [3.63, 3.8) is 0 Å². The van der Waals surface area contributed by atoms with Crippen LogP contribution in [-0.2, 0) is 7.05 Å². The molecule has 6 heteroatoms. The minimum absolute atomic E-state index is 0.112. The van der Waals surface area contributed by atoms with Gasteiger partial charge in [0.25, 0.3) is 5.91 Å². The lowest BCUT2D eigenvalue weighted by atomic mass is 10.0. The van der Waals surface area contributed by atoms with Gasteiger partial charge in [-0.3, -0.25) is 4.79 Å². The highest BCUT2D eigenvalue weighted by molar-refractivity contribution is 7.07. The molecular weight excluding hydrogens is 248 g/mol. The minimum atomic E-state index is -0.155. The molecule has 0 aliphatic heterocycles. The third-order valence-electron chi connectivity index (χ3n) is 2.75. The Bertz CT molecular complexity index is 518. The molecule has 18 heavy (non-hydrogen) atoms. The Kier molecular flexibility index (Phi) is 3.76. The first-order chi connectivity index (χ1) is 8.59. The maximum atomic E-state index is 12.0. The lowest BCUT2D eigenvalue weighted by Crippen LogP contribution is -2.33. The van der Waals surface area contributed by atoms with Gasteiger partial charge in [0.2, 0.25) is 0 Å². The zero-order valence-corrected chi connectivity index (χ0v) is 11.4. The normalized spacial score (nSPS) is 12.7. The van der Waals surface area contributed by atoms with Gasteiger partial charge in [-0.15, -0.1) is 11.3 Å². The molecule has 2 aromatic heterocycles. The summed E-state index contributed by atoms with van der Waals surface area (Å²) < 4.78 is 1.92. The number of nitrogens with zero attached hydrogens (tertiary/aromatic N) is 3. The maximum absolute atomic E-state index is 12.0. The third kappa shape index (κ3) is 2.59. The van der Waals surface area contributed by atoms with Crippen LogP contribution < -0.4 is 5.32 Å². The summed E-state index contributed by atoms with van der Waals surface area (Å²) in [5.41, 5.74) is 2.11.